The first kappa shape index (κ1) is 12.4. The number of anilines is 1. The maximum Gasteiger partial charge on any atom is 0.327 e. The van der Waals surface area contributed by atoms with Crippen LogP contribution in [0, 0.1) is 0 Å². The summed E-state index contributed by atoms with van der Waals surface area (Å²) in [7, 11) is 1.77. The van der Waals surface area contributed by atoms with Gasteiger partial charge in [-0.3, -0.25) is 9.55 Å². The number of fused-ring (bicyclic) bond motifs is 2. The van der Waals surface area contributed by atoms with Crippen LogP contribution in [0.2, 0.25) is 0 Å². The van der Waals surface area contributed by atoms with E-state index < -0.39 is 0 Å². The summed E-state index contributed by atoms with van der Waals surface area (Å²) in [6.45, 7) is 2.26. The van der Waals surface area contributed by atoms with Gasteiger partial charge in [-0.15, -0.1) is 0 Å². The highest BCUT2D eigenvalue weighted by molar-refractivity contribution is 5.91. The predicted octanol–water partition coefficient (Wildman–Crippen LogP) is 2.41. The van der Waals surface area contributed by atoms with Crippen molar-refractivity contribution in [1.29, 1.82) is 0 Å². The molecule has 1 fully saturated rings. The number of pyridine rings is 1. The molecule has 21 heavy (non-hydrogen) atoms. The average molecular weight is 282 g/mol. The van der Waals surface area contributed by atoms with Crippen molar-refractivity contribution in [3.05, 3.63) is 34.7 Å². The van der Waals surface area contributed by atoms with Gasteiger partial charge >= 0.3 is 5.69 Å². The molecule has 0 spiro atoms. The van der Waals surface area contributed by atoms with E-state index in [9.17, 15) is 4.79 Å². The Morgan fingerprint density at radius 2 is 1.95 bits per heavy atom. The molecule has 5 nitrogen and oxygen atoms in total. The maximum absolute atomic E-state index is 11.7. The van der Waals surface area contributed by atoms with Crippen molar-refractivity contribution in [2.45, 2.75) is 19.3 Å². The summed E-state index contributed by atoms with van der Waals surface area (Å²) in [5.74, 6) is 0. The third-order valence-corrected chi connectivity index (χ3v) is 4.39. The first-order valence-electron chi connectivity index (χ1n) is 7.47. The number of rotatable bonds is 1. The minimum atomic E-state index is -0.121. The molecule has 0 saturated carbocycles. The van der Waals surface area contributed by atoms with Gasteiger partial charge < -0.3 is 4.90 Å². The number of aromatic nitrogens is 3. The molecule has 1 aliphatic heterocycles. The number of piperidine rings is 1. The molecule has 5 heteroatoms. The molecule has 108 valence electrons. The second-order valence-corrected chi connectivity index (χ2v) is 5.77. The van der Waals surface area contributed by atoms with E-state index in [4.69, 9.17) is 0 Å². The minimum Gasteiger partial charge on any atom is -0.372 e. The molecule has 3 aromatic rings. The third-order valence-electron chi connectivity index (χ3n) is 4.39. The van der Waals surface area contributed by atoms with Gasteiger partial charge in [-0.25, -0.2) is 9.78 Å². The number of aromatic amines is 1. The van der Waals surface area contributed by atoms with Gasteiger partial charge in [-0.05, 0) is 43.5 Å². The Balaban J connectivity index is 1.87. The zero-order valence-corrected chi connectivity index (χ0v) is 12.1. The molecular weight excluding hydrogens is 264 g/mol. The summed E-state index contributed by atoms with van der Waals surface area (Å²) in [6, 6.07) is 8.41. The standard InChI is InChI=1S/C16H18N4O/c1-19-14-10-11-9-12(20-7-3-2-4-8-20)5-6-13(11)17-15(14)18-16(19)21/h5-6,9-10H,2-4,7-8H2,1H3,(H,17,18,21). The molecule has 0 radical (unpaired) electrons. The first-order valence-corrected chi connectivity index (χ1v) is 7.47. The summed E-state index contributed by atoms with van der Waals surface area (Å²) in [5.41, 5.74) is 3.56. The number of H-pyrrole nitrogens is 1. The lowest BCUT2D eigenvalue weighted by Crippen LogP contribution is -2.29. The highest BCUT2D eigenvalue weighted by atomic mass is 16.1. The van der Waals surface area contributed by atoms with E-state index in [-0.39, 0.29) is 5.69 Å². The fourth-order valence-electron chi connectivity index (χ4n) is 3.14. The Morgan fingerprint density at radius 3 is 2.76 bits per heavy atom. The van der Waals surface area contributed by atoms with Crippen LogP contribution in [-0.4, -0.2) is 27.6 Å². The van der Waals surface area contributed by atoms with Crippen molar-refractivity contribution in [3.8, 4) is 0 Å². The Labute approximate surface area is 122 Å². The zero-order chi connectivity index (χ0) is 14.4. The van der Waals surface area contributed by atoms with Gasteiger partial charge in [0.05, 0.1) is 11.0 Å². The minimum absolute atomic E-state index is 0.121. The van der Waals surface area contributed by atoms with Gasteiger partial charge in [0.15, 0.2) is 5.65 Å². The van der Waals surface area contributed by atoms with E-state index in [2.05, 4.69) is 27.0 Å². The number of nitrogens with one attached hydrogen (secondary N) is 1. The molecule has 0 amide bonds. The summed E-state index contributed by atoms with van der Waals surface area (Å²) < 4.78 is 1.61. The van der Waals surface area contributed by atoms with Gasteiger partial charge in [0, 0.05) is 31.2 Å². The Morgan fingerprint density at radius 1 is 1.14 bits per heavy atom. The quantitative estimate of drug-likeness (QED) is 0.745. The SMILES string of the molecule is Cn1c(=O)[nH]c2nc3ccc(N4CCCCC4)cc3cc21. The molecule has 4 rings (SSSR count). The number of benzene rings is 1. The number of hydrogen-bond donors (Lipinski definition) is 1. The highest BCUT2D eigenvalue weighted by Crippen LogP contribution is 2.25. The second-order valence-electron chi connectivity index (χ2n) is 5.77. The van der Waals surface area contributed by atoms with Crippen molar-refractivity contribution in [2.24, 2.45) is 7.05 Å². The Hall–Kier alpha value is -2.30. The van der Waals surface area contributed by atoms with Crippen molar-refractivity contribution < 1.29 is 0 Å². The molecule has 1 aromatic carbocycles. The molecule has 1 saturated heterocycles. The molecule has 0 aliphatic carbocycles. The van der Waals surface area contributed by atoms with Crippen LogP contribution in [0.1, 0.15) is 19.3 Å². The third kappa shape index (κ3) is 2.00. The molecule has 1 aliphatic rings. The zero-order valence-electron chi connectivity index (χ0n) is 12.1. The van der Waals surface area contributed by atoms with E-state index in [0.717, 1.165) is 29.5 Å². The topological polar surface area (TPSA) is 53.9 Å². The molecule has 0 bridgehead atoms. The smallest absolute Gasteiger partial charge is 0.327 e. The number of imidazole rings is 1. The van der Waals surface area contributed by atoms with Gasteiger partial charge in [-0.2, -0.15) is 0 Å². The van der Waals surface area contributed by atoms with Crippen LogP contribution in [0.25, 0.3) is 22.1 Å². The Kier molecular flexibility index (Phi) is 2.74. The number of nitrogens with zero attached hydrogens (tertiary/aromatic N) is 3. The largest absolute Gasteiger partial charge is 0.372 e. The van der Waals surface area contributed by atoms with Crippen LogP contribution in [0.3, 0.4) is 0 Å². The summed E-state index contributed by atoms with van der Waals surface area (Å²) in [4.78, 5) is 21.5. The van der Waals surface area contributed by atoms with Gasteiger partial charge in [-0.1, -0.05) is 0 Å². The lowest BCUT2D eigenvalue weighted by Gasteiger charge is -2.28. The van der Waals surface area contributed by atoms with Crippen LogP contribution in [-0.2, 0) is 7.05 Å². The lowest BCUT2D eigenvalue weighted by atomic mass is 10.1. The van der Waals surface area contributed by atoms with E-state index in [1.54, 1.807) is 11.6 Å². The van der Waals surface area contributed by atoms with Crippen molar-refractivity contribution in [2.75, 3.05) is 18.0 Å². The van der Waals surface area contributed by atoms with Gasteiger partial charge in [0.25, 0.3) is 0 Å². The lowest BCUT2D eigenvalue weighted by molar-refractivity contribution is 0.578. The average Bonchev–Trinajstić information content (AvgIpc) is 2.80. The molecule has 0 atom stereocenters. The fraction of sp³-hybridized carbons (Fsp3) is 0.375. The van der Waals surface area contributed by atoms with E-state index in [1.807, 2.05) is 12.1 Å². The molecule has 3 heterocycles. The number of aryl methyl sites for hydroxylation is 1. The van der Waals surface area contributed by atoms with Crippen molar-refractivity contribution in [1.82, 2.24) is 14.5 Å². The first-order chi connectivity index (χ1) is 10.2. The fourth-order valence-corrected chi connectivity index (χ4v) is 3.14. The monoisotopic (exact) mass is 282 g/mol. The summed E-state index contributed by atoms with van der Waals surface area (Å²) in [5, 5.41) is 1.08. The predicted molar refractivity (Wildman–Crippen MR) is 84.9 cm³/mol. The van der Waals surface area contributed by atoms with Crippen LogP contribution < -0.4 is 10.6 Å². The van der Waals surface area contributed by atoms with Crippen LogP contribution in [0.15, 0.2) is 29.1 Å². The molecule has 1 N–H and O–H groups in total. The van der Waals surface area contributed by atoms with Gasteiger partial charge in [0.1, 0.15) is 0 Å². The normalized spacial score (nSPS) is 16.0. The molecule has 0 unspecified atom stereocenters. The van der Waals surface area contributed by atoms with Crippen molar-refractivity contribution >= 4 is 27.8 Å². The summed E-state index contributed by atoms with van der Waals surface area (Å²) >= 11 is 0. The van der Waals surface area contributed by atoms with Gasteiger partial charge in [0.2, 0.25) is 0 Å². The summed E-state index contributed by atoms with van der Waals surface area (Å²) in [6.07, 6.45) is 3.86. The van der Waals surface area contributed by atoms with Crippen LogP contribution in [0.5, 0.6) is 0 Å². The van der Waals surface area contributed by atoms with E-state index in [1.165, 1.54) is 24.9 Å². The number of hydrogen-bond acceptors (Lipinski definition) is 3. The van der Waals surface area contributed by atoms with Crippen LogP contribution in [0.4, 0.5) is 5.69 Å². The van der Waals surface area contributed by atoms with E-state index >= 15 is 0 Å². The highest BCUT2D eigenvalue weighted by Gasteiger charge is 2.12. The van der Waals surface area contributed by atoms with Crippen LogP contribution >= 0.6 is 0 Å². The Bertz CT molecular complexity index is 871. The second kappa shape index (κ2) is 4.62. The maximum atomic E-state index is 11.7. The molecule has 2 aromatic heterocycles. The van der Waals surface area contributed by atoms with Crippen molar-refractivity contribution in [3.63, 3.8) is 0 Å². The molecular formula is C16H18N4O. The van der Waals surface area contributed by atoms with E-state index in [0.29, 0.717) is 5.65 Å².